The van der Waals surface area contributed by atoms with E-state index in [1.54, 1.807) is 0 Å². The Bertz CT molecular complexity index is 295. The van der Waals surface area contributed by atoms with Crippen LogP contribution in [0.4, 0.5) is 0 Å². The van der Waals surface area contributed by atoms with Crippen LogP contribution in [-0.4, -0.2) is 32.5 Å². The minimum Gasteiger partial charge on any atom is -0.309 e. The monoisotopic (exact) mass is 217 g/mol. The van der Waals surface area contributed by atoms with E-state index in [0.717, 1.165) is 31.4 Å². The molecule has 0 spiro atoms. The Morgan fingerprint density at radius 2 is 2.29 bits per heavy atom. The van der Waals surface area contributed by atoms with Gasteiger partial charge >= 0.3 is 0 Å². The number of rotatable bonds is 4. The second-order valence-electron chi connectivity index (χ2n) is 3.94. The molecule has 4 heteroatoms. The lowest BCUT2D eigenvalue weighted by atomic mass is 10.1. The van der Waals surface area contributed by atoms with E-state index >= 15 is 0 Å². The third kappa shape index (κ3) is 3.80. The fourth-order valence-electron chi connectivity index (χ4n) is 1.60. The fraction of sp³-hybridized carbons (Fsp3) is 0.800. The van der Waals surface area contributed by atoms with Crippen molar-refractivity contribution in [3.05, 3.63) is 12.2 Å². The van der Waals surface area contributed by atoms with E-state index in [1.165, 1.54) is 0 Å². The summed E-state index contributed by atoms with van der Waals surface area (Å²) < 4.78 is 22.6. The van der Waals surface area contributed by atoms with E-state index < -0.39 is 9.84 Å². The summed E-state index contributed by atoms with van der Waals surface area (Å²) in [6, 6.07) is 0.136. The Balaban J connectivity index is 2.35. The highest BCUT2D eigenvalue weighted by molar-refractivity contribution is 7.91. The van der Waals surface area contributed by atoms with Crippen molar-refractivity contribution < 1.29 is 8.42 Å². The van der Waals surface area contributed by atoms with Crippen molar-refractivity contribution >= 4 is 9.84 Å². The first-order chi connectivity index (χ1) is 6.53. The lowest BCUT2D eigenvalue weighted by molar-refractivity contribution is 0.493. The van der Waals surface area contributed by atoms with E-state index in [4.69, 9.17) is 0 Å². The van der Waals surface area contributed by atoms with Crippen LogP contribution < -0.4 is 5.32 Å². The minimum absolute atomic E-state index is 0.136. The Hall–Kier alpha value is -0.350. The van der Waals surface area contributed by atoms with Crippen LogP contribution in [0.2, 0.25) is 0 Å². The van der Waals surface area contributed by atoms with Crippen LogP contribution in [0.25, 0.3) is 0 Å². The maximum absolute atomic E-state index is 11.3. The highest BCUT2D eigenvalue weighted by Gasteiger charge is 2.23. The van der Waals surface area contributed by atoms with Gasteiger partial charge in [0.15, 0.2) is 9.84 Å². The normalized spacial score (nSPS) is 25.9. The molecule has 1 rings (SSSR count). The molecular formula is C10H19NO2S. The summed E-state index contributed by atoms with van der Waals surface area (Å²) in [7, 11) is -2.78. The van der Waals surface area contributed by atoms with Crippen LogP contribution >= 0.6 is 0 Å². The van der Waals surface area contributed by atoms with Gasteiger partial charge in [0, 0.05) is 12.6 Å². The maximum Gasteiger partial charge on any atom is 0.151 e. The quantitative estimate of drug-likeness (QED) is 0.718. The third-order valence-electron chi connectivity index (χ3n) is 2.60. The van der Waals surface area contributed by atoms with Crippen molar-refractivity contribution in [3.63, 3.8) is 0 Å². The highest BCUT2D eigenvalue weighted by atomic mass is 32.2. The molecule has 82 valence electrons. The van der Waals surface area contributed by atoms with Gasteiger partial charge in [-0.3, -0.25) is 0 Å². The predicted molar refractivity (Wildman–Crippen MR) is 59.1 cm³/mol. The first-order valence-corrected chi connectivity index (χ1v) is 6.96. The third-order valence-corrected chi connectivity index (χ3v) is 4.42. The summed E-state index contributed by atoms with van der Waals surface area (Å²) in [5.74, 6) is 0.657. The molecule has 1 unspecified atom stereocenters. The summed E-state index contributed by atoms with van der Waals surface area (Å²) in [5, 5.41) is 3.25. The van der Waals surface area contributed by atoms with Crippen LogP contribution in [0.1, 0.15) is 26.2 Å². The molecule has 3 nitrogen and oxygen atoms in total. The molecule has 0 aliphatic carbocycles. The van der Waals surface area contributed by atoms with Crippen LogP contribution in [0.15, 0.2) is 12.2 Å². The van der Waals surface area contributed by atoms with Crippen molar-refractivity contribution in [2.45, 2.75) is 32.2 Å². The van der Waals surface area contributed by atoms with E-state index in [0.29, 0.717) is 11.5 Å². The minimum atomic E-state index is -2.78. The second kappa shape index (κ2) is 4.94. The van der Waals surface area contributed by atoms with Crippen LogP contribution in [0.5, 0.6) is 0 Å². The first kappa shape index (κ1) is 11.7. The summed E-state index contributed by atoms with van der Waals surface area (Å²) in [5.41, 5.74) is 1.13. The van der Waals surface area contributed by atoms with Crippen molar-refractivity contribution in [3.8, 4) is 0 Å². The lowest BCUT2D eigenvalue weighted by Crippen LogP contribution is -2.40. The summed E-state index contributed by atoms with van der Waals surface area (Å²) in [4.78, 5) is 0. The fourth-order valence-corrected chi connectivity index (χ4v) is 3.27. The molecule has 0 aromatic rings. The molecular weight excluding hydrogens is 198 g/mol. The van der Waals surface area contributed by atoms with Crippen molar-refractivity contribution in [1.29, 1.82) is 0 Å². The van der Waals surface area contributed by atoms with Gasteiger partial charge in [0.25, 0.3) is 0 Å². The van der Waals surface area contributed by atoms with Crippen LogP contribution in [0, 0.1) is 0 Å². The van der Waals surface area contributed by atoms with Gasteiger partial charge in [-0.1, -0.05) is 19.1 Å². The number of hydrogen-bond acceptors (Lipinski definition) is 3. The molecule has 0 amide bonds. The van der Waals surface area contributed by atoms with Gasteiger partial charge in [0.2, 0.25) is 0 Å². The maximum atomic E-state index is 11.3. The van der Waals surface area contributed by atoms with E-state index in [9.17, 15) is 8.42 Å². The van der Waals surface area contributed by atoms with Crippen molar-refractivity contribution in [2.24, 2.45) is 0 Å². The van der Waals surface area contributed by atoms with Gasteiger partial charge in [0.05, 0.1) is 11.5 Å². The smallest absolute Gasteiger partial charge is 0.151 e. The van der Waals surface area contributed by atoms with E-state index in [2.05, 4.69) is 18.8 Å². The average Bonchev–Trinajstić information content (AvgIpc) is 2.12. The van der Waals surface area contributed by atoms with Gasteiger partial charge in [-0.25, -0.2) is 8.42 Å². The summed E-state index contributed by atoms with van der Waals surface area (Å²) in [6.45, 7) is 6.69. The molecule has 0 radical (unpaired) electrons. The standard InChI is InChI=1S/C10H19NO2S/c1-3-9(2)7-11-10-5-4-6-14(12,13)8-10/h10-11H,2-8H2,1H3. The lowest BCUT2D eigenvalue weighted by Gasteiger charge is -2.23. The molecule has 1 heterocycles. The zero-order valence-electron chi connectivity index (χ0n) is 8.75. The van der Waals surface area contributed by atoms with Crippen LogP contribution in [-0.2, 0) is 9.84 Å². The molecule has 0 bridgehead atoms. The SMILES string of the molecule is C=C(CC)CNC1CCCS(=O)(=O)C1. The molecule has 0 aromatic carbocycles. The highest BCUT2D eigenvalue weighted by Crippen LogP contribution is 2.12. The Morgan fingerprint density at radius 1 is 1.57 bits per heavy atom. The summed E-state index contributed by atoms with van der Waals surface area (Å²) >= 11 is 0. The Kier molecular flexibility index (Phi) is 4.13. The molecule has 1 fully saturated rings. The molecule has 1 N–H and O–H groups in total. The first-order valence-electron chi connectivity index (χ1n) is 5.14. The molecule has 1 aliphatic rings. The van der Waals surface area contributed by atoms with Gasteiger partial charge in [-0.05, 0) is 19.3 Å². The zero-order chi connectivity index (χ0) is 10.6. The van der Waals surface area contributed by atoms with Gasteiger partial charge in [-0.2, -0.15) is 0 Å². The topological polar surface area (TPSA) is 46.2 Å². The Morgan fingerprint density at radius 3 is 2.86 bits per heavy atom. The van der Waals surface area contributed by atoms with E-state index in [-0.39, 0.29) is 6.04 Å². The second-order valence-corrected chi connectivity index (χ2v) is 6.17. The largest absolute Gasteiger partial charge is 0.309 e. The number of hydrogen-bond donors (Lipinski definition) is 1. The number of nitrogens with one attached hydrogen (secondary N) is 1. The Labute approximate surface area is 86.5 Å². The molecule has 0 saturated carbocycles. The molecule has 1 aliphatic heterocycles. The molecule has 14 heavy (non-hydrogen) atoms. The number of sulfone groups is 1. The van der Waals surface area contributed by atoms with Gasteiger partial charge in [-0.15, -0.1) is 0 Å². The predicted octanol–water partition coefficient (Wildman–Crippen LogP) is 1.12. The van der Waals surface area contributed by atoms with Gasteiger partial charge in [0.1, 0.15) is 0 Å². The zero-order valence-corrected chi connectivity index (χ0v) is 9.57. The van der Waals surface area contributed by atoms with Crippen molar-refractivity contribution in [1.82, 2.24) is 5.32 Å². The van der Waals surface area contributed by atoms with E-state index in [1.807, 2.05) is 0 Å². The molecule has 0 aromatic heterocycles. The van der Waals surface area contributed by atoms with Gasteiger partial charge < -0.3 is 5.32 Å². The van der Waals surface area contributed by atoms with Crippen molar-refractivity contribution in [2.75, 3.05) is 18.1 Å². The molecule has 1 saturated heterocycles. The average molecular weight is 217 g/mol. The van der Waals surface area contributed by atoms with Crippen LogP contribution in [0.3, 0.4) is 0 Å². The summed E-state index contributed by atoms with van der Waals surface area (Å²) in [6.07, 6.45) is 2.71. The molecule has 1 atom stereocenters.